The van der Waals surface area contributed by atoms with Gasteiger partial charge < -0.3 is 19.9 Å². The van der Waals surface area contributed by atoms with Crippen LogP contribution in [0, 0.1) is 0 Å². The van der Waals surface area contributed by atoms with Crippen molar-refractivity contribution >= 4 is 11.7 Å². The number of methoxy groups -OCH3 is 1. The first kappa shape index (κ1) is 18.2. The molecule has 0 atom stereocenters. The van der Waals surface area contributed by atoms with Crippen LogP contribution in [0.5, 0.6) is 5.75 Å². The number of likely N-dealkylation sites (N-methyl/N-ethyl adjacent to an activating group) is 1. The summed E-state index contributed by atoms with van der Waals surface area (Å²) in [7, 11) is 3.76. The zero-order chi connectivity index (χ0) is 18.4. The number of nitrogens with zero attached hydrogens (tertiary/aromatic N) is 3. The molecule has 138 valence electrons. The Morgan fingerprint density at radius 1 is 1.15 bits per heavy atom. The lowest BCUT2D eigenvalue weighted by Gasteiger charge is -2.33. The molecule has 1 saturated heterocycles. The third-order valence-electron chi connectivity index (χ3n) is 4.62. The van der Waals surface area contributed by atoms with Gasteiger partial charge in [-0.15, -0.1) is 0 Å². The van der Waals surface area contributed by atoms with Gasteiger partial charge in [0.2, 0.25) is 5.91 Å². The third-order valence-corrected chi connectivity index (χ3v) is 4.62. The first-order valence-electron chi connectivity index (χ1n) is 8.92. The molecule has 3 rings (SSSR count). The van der Waals surface area contributed by atoms with Gasteiger partial charge in [0.25, 0.3) is 0 Å². The largest absolute Gasteiger partial charge is 0.497 e. The smallest absolute Gasteiger partial charge is 0.224 e. The van der Waals surface area contributed by atoms with Crippen molar-refractivity contribution < 1.29 is 9.53 Å². The number of carbonyl (C=O) groups is 1. The summed E-state index contributed by atoms with van der Waals surface area (Å²) >= 11 is 0. The molecule has 2 aromatic rings. The van der Waals surface area contributed by atoms with E-state index in [-0.39, 0.29) is 5.91 Å². The minimum Gasteiger partial charge on any atom is -0.497 e. The van der Waals surface area contributed by atoms with E-state index in [0.29, 0.717) is 13.0 Å². The maximum atomic E-state index is 12.1. The predicted molar refractivity (Wildman–Crippen MR) is 102 cm³/mol. The topological polar surface area (TPSA) is 57.7 Å². The van der Waals surface area contributed by atoms with Gasteiger partial charge in [-0.3, -0.25) is 4.79 Å². The van der Waals surface area contributed by atoms with Gasteiger partial charge in [-0.1, -0.05) is 18.2 Å². The number of pyridine rings is 1. The number of hydrogen-bond donors (Lipinski definition) is 1. The highest BCUT2D eigenvalue weighted by Crippen LogP contribution is 2.14. The molecule has 1 aromatic carbocycles. The Labute approximate surface area is 154 Å². The van der Waals surface area contributed by atoms with Crippen molar-refractivity contribution in [2.45, 2.75) is 13.0 Å². The minimum absolute atomic E-state index is 0.0126. The van der Waals surface area contributed by atoms with E-state index >= 15 is 0 Å². The summed E-state index contributed by atoms with van der Waals surface area (Å²) in [6.07, 6.45) is 2.18. The average molecular weight is 354 g/mol. The molecular formula is C20H26N4O2. The first-order chi connectivity index (χ1) is 12.6. The second kappa shape index (κ2) is 8.67. The Bertz CT molecular complexity index is 725. The lowest BCUT2D eigenvalue weighted by Crippen LogP contribution is -2.44. The molecule has 26 heavy (non-hydrogen) atoms. The van der Waals surface area contributed by atoms with Crippen LogP contribution in [0.3, 0.4) is 0 Å². The van der Waals surface area contributed by atoms with Crippen LogP contribution in [0.1, 0.15) is 11.1 Å². The van der Waals surface area contributed by atoms with Crippen molar-refractivity contribution in [3.8, 4) is 5.75 Å². The minimum atomic E-state index is -0.0126. The summed E-state index contributed by atoms with van der Waals surface area (Å²) in [6, 6.07) is 11.6. The fourth-order valence-electron chi connectivity index (χ4n) is 2.97. The van der Waals surface area contributed by atoms with Crippen molar-refractivity contribution in [2.24, 2.45) is 0 Å². The highest BCUT2D eigenvalue weighted by atomic mass is 16.5. The second-order valence-corrected chi connectivity index (χ2v) is 6.62. The molecule has 1 fully saturated rings. The molecule has 0 unspecified atom stereocenters. The van der Waals surface area contributed by atoms with Crippen molar-refractivity contribution in [2.75, 3.05) is 45.2 Å². The number of anilines is 1. The van der Waals surface area contributed by atoms with E-state index < -0.39 is 0 Å². The van der Waals surface area contributed by atoms with E-state index in [1.165, 1.54) is 0 Å². The lowest BCUT2D eigenvalue weighted by atomic mass is 10.1. The second-order valence-electron chi connectivity index (χ2n) is 6.62. The van der Waals surface area contributed by atoms with Gasteiger partial charge in [0.1, 0.15) is 11.6 Å². The zero-order valence-electron chi connectivity index (χ0n) is 15.4. The molecule has 1 amide bonds. The van der Waals surface area contributed by atoms with Gasteiger partial charge in [-0.25, -0.2) is 4.98 Å². The van der Waals surface area contributed by atoms with Gasteiger partial charge in [-0.2, -0.15) is 0 Å². The normalized spacial score (nSPS) is 14.9. The number of aromatic nitrogens is 1. The quantitative estimate of drug-likeness (QED) is 0.856. The van der Waals surface area contributed by atoms with E-state index in [1.807, 2.05) is 42.6 Å². The van der Waals surface area contributed by atoms with Gasteiger partial charge in [0.15, 0.2) is 0 Å². The maximum absolute atomic E-state index is 12.1. The number of carbonyl (C=O) groups excluding carboxylic acids is 1. The van der Waals surface area contributed by atoms with Crippen LogP contribution in [0.2, 0.25) is 0 Å². The van der Waals surface area contributed by atoms with Crippen molar-refractivity contribution in [1.29, 1.82) is 0 Å². The molecule has 1 aliphatic rings. The van der Waals surface area contributed by atoms with E-state index in [2.05, 4.69) is 27.1 Å². The van der Waals surface area contributed by atoms with Crippen LogP contribution in [0.25, 0.3) is 0 Å². The number of piperazine rings is 1. The van der Waals surface area contributed by atoms with Crippen LogP contribution in [0.4, 0.5) is 5.82 Å². The molecule has 6 nitrogen and oxygen atoms in total. The Balaban J connectivity index is 1.49. The Hall–Kier alpha value is -2.60. The summed E-state index contributed by atoms with van der Waals surface area (Å²) in [5.41, 5.74) is 1.94. The predicted octanol–water partition coefficient (Wildman–Crippen LogP) is 1.70. The zero-order valence-corrected chi connectivity index (χ0v) is 15.4. The summed E-state index contributed by atoms with van der Waals surface area (Å²) in [5, 5.41) is 2.95. The standard InChI is InChI=1S/C20H26N4O2/c1-23-8-10-24(11-9-23)19-7-6-17(14-21-19)15-22-20(25)13-16-4-3-5-18(12-16)26-2/h3-7,12,14H,8-11,13,15H2,1-2H3,(H,22,25). The summed E-state index contributed by atoms with van der Waals surface area (Å²) in [6.45, 7) is 4.60. The average Bonchev–Trinajstić information content (AvgIpc) is 2.67. The number of amides is 1. The third kappa shape index (κ3) is 4.95. The Kier molecular flexibility index (Phi) is 6.07. The number of nitrogens with one attached hydrogen (secondary N) is 1. The fraction of sp³-hybridized carbons (Fsp3) is 0.400. The molecule has 2 heterocycles. The molecule has 1 aliphatic heterocycles. The van der Waals surface area contributed by atoms with E-state index in [0.717, 1.165) is 48.9 Å². The summed E-state index contributed by atoms with van der Waals surface area (Å²) < 4.78 is 5.19. The summed E-state index contributed by atoms with van der Waals surface area (Å²) in [4.78, 5) is 21.3. The fourth-order valence-corrected chi connectivity index (χ4v) is 2.97. The number of benzene rings is 1. The van der Waals surface area contributed by atoms with Crippen molar-refractivity contribution in [3.63, 3.8) is 0 Å². The number of rotatable bonds is 6. The van der Waals surface area contributed by atoms with Crippen LogP contribution < -0.4 is 15.0 Å². The van der Waals surface area contributed by atoms with Crippen molar-refractivity contribution in [1.82, 2.24) is 15.2 Å². The Morgan fingerprint density at radius 3 is 2.65 bits per heavy atom. The molecule has 0 bridgehead atoms. The molecule has 0 radical (unpaired) electrons. The molecular weight excluding hydrogens is 328 g/mol. The summed E-state index contributed by atoms with van der Waals surface area (Å²) in [5.74, 6) is 1.75. The van der Waals surface area contributed by atoms with Crippen molar-refractivity contribution in [3.05, 3.63) is 53.7 Å². The van der Waals surface area contributed by atoms with Crippen LogP contribution >= 0.6 is 0 Å². The van der Waals surface area contributed by atoms with Gasteiger partial charge in [0.05, 0.1) is 13.5 Å². The SMILES string of the molecule is COc1cccc(CC(=O)NCc2ccc(N3CCN(C)CC3)nc2)c1. The highest BCUT2D eigenvalue weighted by molar-refractivity contribution is 5.78. The highest BCUT2D eigenvalue weighted by Gasteiger charge is 2.15. The van der Waals surface area contributed by atoms with Crippen LogP contribution in [-0.4, -0.2) is 56.1 Å². The molecule has 1 N–H and O–H groups in total. The van der Waals surface area contributed by atoms with Crippen LogP contribution in [-0.2, 0) is 17.8 Å². The number of hydrogen-bond acceptors (Lipinski definition) is 5. The lowest BCUT2D eigenvalue weighted by molar-refractivity contribution is -0.120. The Morgan fingerprint density at radius 2 is 1.96 bits per heavy atom. The van der Waals surface area contributed by atoms with E-state index in [9.17, 15) is 4.79 Å². The maximum Gasteiger partial charge on any atom is 0.224 e. The van der Waals surface area contributed by atoms with Gasteiger partial charge in [-0.05, 0) is 36.4 Å². The number of ether oxygens (including phenoxy) is 1. The van der Waals surface area contributed by atoms with Gasteiger partial charge >= 0.3 is 0 Å². The molecule has 6 heteroatoms. The van der Waals surface area contributed by atoms with E-state index in [1.54, 1.807) is 7.11 Å². The monoisotopic (exact) mass is 354 g/mol. The van der Waals surface area contributed by atoms with E-state index in [4.69, 9.17) is 4.74 Å². The molecule has 1 aromatic heterocycles. The van der Waals surface area contributed by atoms with Crippen LogP contribution in [0.15, 0.2) is 42.6 Å². The molecule has 0 aliphatic carbocycles. The molecule has 0 spiro atoms. The first-order valence-corrected chi connectivity index (χ1v) is 8.92. The molecule has 0 saturated carbocycles. The van der Waals surface area contributed by atoms with Gasteiger partial charge in [0, 0.05) is 38.9 Å².